The van der Waals surface area contributed by atoms with E-state index >= 15 is 0 Å². The van der Waals surface area contributed by atoms with Gasteiger partial charge in [-0.1, -0.05) is 52.2 Å². The Balaban J connectivity index is 1.82. The highest BCUT2D eigenvalue weighted by molar-refractivity contribution is 6.04. The molecule has 1 aliphatic heterocycles. The van der Waals surface area contributed by atoms with Crippen molar-refractivity contribution >= 4 is 17.5 Å². The highest BCUT2D eigenvalue weighted by atomic mass is 16.5. The molecule has 9 heteroatoms. The molecular weight excluding hydrogens is 494 g/mol. The van der Waals surface area contributed by atoms with Crippen molar-refractivity contribution in [3.05, 3.63) is 53.9 Å². The summed E-state index contributed by atoms with van der Waals surface area (Å²) in [6.07, 6.45) is 9.48. The van der Waals surface area contributed by atoms with E-state index in [9.17, 15) is 20.0 Å². The average Bonchev–Trinajstić information content (AvgIpc) is 3.32. The van der Waals surface area contributed by atoms with Gasteiger partial charge in [-0.2, -0.15) is 5.26 Å². The summed E-state index contributed by atoms with van der Waals surface area (Å²) >= 11 is 0. The average molecular weight is 534 g/mol. The number of aromatic nitrogens is 1. The van der Waals surface area contributed by atoms with Gasteiger partial charge < -0.3 is 15.2 Å². The maximum absolute atomic E-state index is 14.3. The van der Waals surface area contributed by atoms with E-state index in [1.54, 1.807) is 18.5 Å². The van der Waals surface area contributed by atoms with Crippen LogP contribution in [0, 0.1) is 11.5 Å². The third-order valence-corrected chi connectivity index (χ3v) is 7.69. The van der Waals surface area contributed by atoms with Crippen LogP contribution < -0.4 is 15.0 Å². The van der Waals surface area contributed by atoms with Gasteiger partial charge in [0.05, 0.1) is 26.0 Å². The molecule has 2 amide bonds. The maximum Gasteiger partial charge on any atom is 0.251 e. The van der Waals surface area contributed by atoms with Crippen molar-refractivity contribution in [3.8, 4) is 11.9 Å². The first kappa shape index (κ1) is 28.4. The number of amides is 2. The molecule has 1 aromatic carbocycles. The summed E-state index contributed by atoms with van der Waals surface area (Å²) in [5, 5.41) is 23.2. The van der Waals surface area contributed by atoms with Crippen LogP contribution in [0.15, 0.2) is 42.7 Å². The van der Waals surface area contributed by atoms with Crippen LogP contribution in [-0.4, -0.2) is 58.6 Å². The lowest BCUT2D eigenvalue weighted by molar-refractivity contribution is -0.128. The van der Waals surface area contributed by atoms with Crippen molar-refractivity contribution in [2.24, 2.45) is 0 Å². The van der Waals surface area contributed by atoms with E-state index in [4.69, 9.17) is 4.74 Å². The second kappa shape index (κ2) is 12.0. The molecule has 0 radical (unpaired) electrons. The Morgan fingerprint density at radius 1 is 1.18 bits per heavy atom. The molecule has 2 fully saturated rings. The topological polar surface area (TPSA) is 119 Å². The molecule has 1 saturated heterocycles. The monoisotopic (exact) mass is 533 g/mol. The second-order valence-electron chi connectivity index (χ2n) is 11.6. The number of carbonyl (C=O) groups excluding carboxylic acids is 2. The Morgan fingerprint density at radius 2 is 1.87 bits per heavy atom. The van der Waals surface area contributed by atoms with E-state index in [2.05, 4.69) is 31.1 Å². The Hall–Kier alpha value is -3.64. The van der Waals surface area contributed by atoms with E-state index < -0.39 is 24.1 Å². The molecule has 0 bridgehead atoms. The van der Waals surface area contributed by atoms with Crippen molar-refractivity contribution < 1.29 is 19.4 Å². The van der Waals surface area contributed by atoms with Crippen LogP contribution >= 0.6 is 0 Å². The number of nitrogens with one attached hydrogen (secondary N) is 1. The number of hydrogen-bond donors (Lipinski definition) is 2. The maximum atomic E-state index is 14.3. The van der Waals surface area contributed by atoms with Gasteiger partial charge in [0.15, 0.2) is 6.19 Å². The van der Waals surface area contributed by atoms with Crippen molar-refractivity contribution in [1.82, 2.24) is 15.2 Å². The minimum Gasteiger partial charge on any atom is -0.495 e. The fourth-order valence-electron chi connectivity index (χ4n) is 5.49. The van der Waals surface area contributed by atoms with Crippen molar-refractivity contribution in [2.75, 3.05) is 18.6 Å². The number of β-amino-alcohol motifs (C(OH)–C–C–N with tert-alkyl or cyclic N) is 1. The number of nitrogens with zero attached hydrogens (tertiary/aromatic N) is 4. The minimum atomic E-state index is -1.05. The predicted octanol–water partition coefficient (Wildman–Crippen LogP) is 3.83. The van der Waals surface area contributed by atoms with Gasteiger partial charge in [0, 0.05) is 29.9 Å². The van der Waals surface area contributed by atoms with Gasteiger partial charge in [-0.3, -0.25) is 24.4 Å². The number of aliphatic hydroxyl groups is 1. The molecule has 1 unspecified atom stereocenters. The number of aliphatic hydroxyl groups excluding tert-OH is 1. The summed E-state index contributed by atoms with van der Waals surface area (Å²) in [5.41, 5.74) is 2.01. The molecule has 2 heterocycles. The number of ether oxygens (including phenoxy) is 1. The summed E-state index contributed by atoms with van der Waals surface area (Å²) in [5.74, 6) is -0.274. The van der Waals surface area contributed by atoms with E-state index in [-0.39, 0.29) is 30.3 Å². The standard InChI is InChI=1S/C30H39N5O4/c1-30(2,3)21-10-12-23(13-11-21)35(29(38)26-15-24(36)18-34(26)19-31)27(20-14-25(39-4)17-32-16-20)28(37)33-22-8-6-5-7-9-22/h10-14,16-17,22,24,26-27,36H,5-9,15,18H2,1-4H3,(H,33,37)/t24-,26-,27?/m1/s1. The quantitative estimate of drug-likeness (QED) is 0.519. The first-order valence-electron chi connectivity index (χ1n) is 13.7. The van der Waals surface area contributed by atoms with Crippen LogP contribution in [0.5, 0.6) is 5.75 Å². The van der Waals surface area contributed by atoms with Crippen LogP contribution in [-0.2, 0) is 15.0 Å². The van der Waals surface area contributed by atoms with E-state index in [1.807, 2.05) is 30.5 Å². The molecule has 3 atom stereocenters. The molecular formula is C30H39N5O4. The lowest BCUT2D eigenvalue weighted by atomic mass is 9.87. The fourth-order valence-corrected chi connectivity index (χ4v) is 5.49. The molecule has 1 saturated carbocycles. The summed E-state index contributed by atoms with van der Waals surface area (Å²) in [7, 11) is 1.52. The number of methoxy groups -OCH3 is 1. The number of benzene rings is 1. The van der Waals surface area contributed by atoms with Gasteiger partial charge in [-0.05, 0) is 42.0 Å². The molecule has 1 aliphatic carbocycles. The second-order valence-corrected chi connectivity index (χ2v) is 11.6. The number of hydrogen-bond acceptors (Lipinski definition) is 7. The van der Waals surface area contributed by atoms with Gasteiger partial charge in [0.1, 0.15) is 17.8 Å². The van der Waals surface area contributed by atoms with E-state index in [1.165, 1.54) is 16.9 Å². The van der Waals surface area contributed by atoms with Gasteiger partial charge in [-0.15, -0.1) is 0 Å². The van der Waals surface area contributed by atoms with Crippen LogP contribution in [0.2, 0.25) is 0 Å². The smallest absolute Gasteiger partial charge is 0.251 e. The third kappa shape index (κ3) is 6.51. The van der Waals surface area contributed by atoms with Gasteiger partial charge in [-0.25, -0.2) is 0 Å². The van der Waals surface area contributed by atoms with Gasteiger partial charge in [0.2, 0.25) is 5.91 Å². The number of anilines is 1. The molecule has 2 aromatic rings. The number of nitriles is 1. The zero-order valence-electron chi connectivity index (χ0n) is 23.3. The SMILES string of the molecule is COc1cncc(C(C(=O)NC2CCCCC2)N(C(=O)[C@H]2C[C@@H](O)CN2C#N)c2ccc(C(C)(C)C)cc2)c1. The molecule has 39 heavy (non-hydrogen) atoms. The summed E-state index contributed by atoms with van der Waals surface area (Å²) < 4.78 is 5.40. The van der Waals surface area contributed by atoms with Crippen LogP contribution in [0.1, 0.15) is 76.5 Å². The zero-order chi connectivity index (χ0) is 28.2. The normalized spacial score (nSPS) is 20.7. The molecule has 1 aromatic heterocycles. The fraction of sp³-hybridized carbons (Fsp3) is 0.533. The number of rotatable bonds is 7. The van der Waals surface area contributed by atoms with E-state index in [0.717, 1.165) is 37.7 Å². The first-order valence-corrected chi connectivity index (χ1v) is 13.7. The summed E-state index contributed by atoms with van der Waals surface area (Å²) in [6, 6.07) is 7.40. The lowest BCUT2D eigenvalue weighted by Crippen LogP contribution is -2.51. The first-order chi connectivity index (χ1) is 18.6. The number of likely N-dealkylation sites (tertiary alicyclic amines) is 1. The van der Waals surface area contributed by atoms with Crippen molar-refractivity contribution in [2.45, 2.75) is 88.9 Å². The Kier molecular flexibility index (Phi) is 8.76. The van der Waals surface area contributed by atoms with Gasteiger partial charge >= 0.3 is 0 Å². The molecule has 4 rings (SSSR count). The highest BCUT2D eigenvalue weighted by Crippen LogP contribution is 2.34. The molecule has 2 aliphatic rings. The Morgan fingerprint density at radius 3 is 2.49 bits per heavy atom. The van der Waals surface area contributed by atoms with Crippen LogP contribution in [0.4, 0.5) is 5.69 Å². The largest absolute Gasteiger partial charge is 0.495 e. The molecule has 208 valence electrons. The Bertz CT molecular complexity index is 1200. The Labute approximate surface area is 230 Å². The lowest BCUT2D eigenvalue weighted by Gasteiger charge is -2.35. The van der Waals surface area contributed by atoms with Crippen LogP contribution in [0.25, 0.3) is 0 Å². The third-order valence-electron chi connectivity index (χ3n) is 7.69. The molecule has 0 spiro atoms. The summed E-state index contributed by atoms with van der Waals surface area (Å²) in [6.45, 7) is 6.40. The molecule has 9 nitrogen and oxygen atoms in total. The number of carbonyl (C=O) groups is 2. The predicted molar refractivity (Wildman–Crippen MR) is 148 cm³/mol. The number of pyridine rings is 1. The van der Waals surface area contributed by atoms with E-state index in [0.29, 0.717) is 17.0 Å². The highest BCUT2D eigenvalue weighted by Gasteiger charge is 2.43. The van der Waals surface area contributed by atoms with Gasteiger partial charge in [0.25, 0.3) is 5.91 Å². The van der Waals surface area contributed by atoms with Crippen molar-refractivity contribution in [3.63, 3.8) is 0 Å². The summed E-state index contributed by atoms with van der Waals surface area (Å²) in [4.78, 5) is 35.4. The zero-order valence-corrected chi connectivity index (χ0v) is 23.3. The van der Waals surface area contributed by atoms with Crippen molar-refractivity contribution in [1.29, 1.82) is 5.26 Å². The van der Waals surface area contributed by atoms with Crippen LogP contribution in [0.3, 0.4) is 0 Å². The minimum absolute atomic E-state index is 0.0245. The molecule has 2 N–H and O–H groups in total.